The average Bonchev–Trinajstić information content (AvgIpc) is 2.80. The predicted octanol–water partition coefficient (Wildman–Crippen LogP) is 0.539. The van der Waals surface area contributed by atoms with Crippen LogP contribution in [0, 0.1) is 0 Å². The number of nitrogens with zero attached hydrogens (tertiary/aromatic N) is 4. The Morgan fingerprint density at radius 3 is 2.83 bits per heavy atom. The van der Waals surface area contributed by atoms with Crippen LogP contribution in [0.1, 0.15) is 25.5 Å². The molecule has 1 aromatic heterocycles. The molecule has 2 heterocycles. The van der Waals surface area contributed by atoms with Crippen LogP contribution in [0.2, 0.25) is 0 Å². The average molecular weight is 251 g/mol. The van der Waals surface area contributed by atoms with E-state index in [4.69, 9.17) is 5.73 Å². The van der Waals surface area contributed by atoms with Crippen molar-refractivity contribution >= 4 is 0 Å². The second-order valence-electron chi connectivity index (χ2n) is 5.54. The van der Waals surface area contributed by atoms with Crippen molar-refractivity contribution in [1.29, 1.82) is 0 Å². The van der Waals surface area contributed by atoms with Crippen LogP contribution in [0.25, 0.3) is 0 Å². The van der Waals surface area contributed by atoms with Crippen molar-refractivity contribution in [3.63, 3.8) is 0 Å². The Bertz CT molecular complexity index is 373. The summed E-state index contributed by atoms with van der Waals surface area (Å²) >= 11 is 0. The SMILES string of the molecule is CC(C)n1cc(CN2CCN(C)CC2CN)cn1. The first-order valence-electron chi connectivity index (χ1n) is 6.76. The maximum Gasteiger partial charge on any atom is 0.0534 e. The van der Waals surface area contributed by atoms with Crippen LogP contribution in [-0.2, 0) is 6.54 Å². The van der Waals surface area contributed by atoms with E-state index < -0.39 is 0 Å². The highest BCUT2D eigenvalue weighted by molar-refractivity contribution is 5.05. The van der Waals surface area contributed by atoms with Gasteiger partial charge in [0, 0.05) is 56.6 Å². The third kappa shape index (κ3) is 3.10. The van der Waals surface area contributed by atoms with E-state index in [1.54, 1.807) is 0 Å². The normalized spacial score (nSPS) is 22.8. The zero-order chi connectivity index (χ0) is 13.1. The van der Waals surface area contributed by atoms with Gasteiger partial charge in [-0.2, -0.15) is 5.10 Å². The van der Waals surface area contributed by atoms with E-state index >= 15 is 0 Å². The van der Waals surface area contributed by atoms with Crippen molar-refractivity contribution in [2.24, 2.45) is 5.73 Å². The summed E-state index contributed by atoms with van der Waals surface area (Å²) in [6, 6.07) is 0.891. The van der Waals surface area contributed by atoms with Gasteiger partial charge in [-0.05, 0) is 20.9 Å². The van der Waals surface area contributed by atoms with E-state index in [0.29, 0.717) is 12.1 Å². The van der Waals surface area contributed by atoms with Crippen molar-refractivity contribution in [3.05, 3.63) is 18.0 Å². The molecule has 1 atom stereocenters. The second kappa shape index (κ2) is 5.82. The number of hydrogen-bond acceptors (Lipinski definition) is 4. The zero-order valence-corrected chi connectivity index (χ0v) is 11.7. The Labute approximate surface area is 110 Å². The van der Waals surface area contributed by atoms with Gasteiger partial charge in [0.05, 0.1) is 6.20 Å². The van der Waals surface area contributed by atoms with Gasteiger partial charge in [0.15, 0.2) is 0 Å². The number of piperazine rings is 1. The minimum absolute atomic E-state index is 0.427. The van der Waals surface area contributed by atoms with Gasteiger partial charge in [-0.15, -0.1) is 0 Å². The van der Waals surface area contributed by atoms with E-state index in [0.717, 1.165) is 32.7 Å². The molecule has 102 valence electrons. The Balaban J connectivity index is 1.98. The molecule has 1 aliphatic heterocycles. The van der Waals surface area contributed by atoms with Crippen LogP contribution in [0.3, 0.4) is 0 Å². The highest BCUT2D eigenvalue weighted by Crippen LogP contribution is 2.13. The van der Waals surface area contributed by atoms with E-state index in [-0.39, 0.29) is 0 Å². The Kier molecular flexibility index (Phi) is 4.37. The minimum Gasteiger partial charge on any atom is -0.329 e. The molecule has 1 aliphatic rings. The van der Waals surface area contributed by atoms with Crippen LogP contribution in [0.4, 0.5) is 0 Å². The molecule has 0 aliphatic carbocycles. The summed E-state index contributed by atoms with van der Waals surface area (Å²) in [6.45, 7) is 9.25. The first kappa shape index (κ1) is 13.5. The standard InChI is InChI=1S/C13H25N5/c1-11(2)18-9-12(7-15-18)8-17-5-4-16(3)10-13(17)6-14/h7,9,11,13H,4-6,8,10,14H2,1-3H3. The maximum atomic E-state index is 5.87. The summed E-state index contributed by atoms with van der Waals surface area (Å²) in [4.78, 5) is 4.83. The molecule has 0 aromatic carbocycles. The number of hydrogen-bond donors (Lipinski definition) is 1. The summed E-state index contributed by atoms with van der Waals surface area (Å²) in [5.74, 6) is 0. The van der Waals surface area contributed by atoms with Gasteiger partial charge < -0.3 is 10.6 Å². The maximum absolute atomic E-state index is 5.87. The molecule has 1 fully saturated rings. The topological polar surface area (TPSA) is 50.3 Å². The first-order chi connectivity index (χ1) is 8.60. The molecule has 5 nitrogen and oxygen atoms in total. The zero-order valence-electron chi connectivity index (χ0n) is 11.7. The van der Waals surface area contributed by atoms with Gasteiger partial charge in [-0.25, -0.2) is 0 Å². The predicted molar refractivity (Wildman–Crippen MR) is 73.4 cm³/mol. The largest absolute Gasteiger partial charge is 0.329 e. The number of rotatable bonds is 4. The van der Waals surface area contributed by atoms with Crippen molar-refractivity contribution in [3.8, 4) is 0 Å². The molecule has 18 heavy (non-hydrogen) atoms. The number of aromatic nitrogens is 2. The van der Waals surface area contributed by atoms with E-state index in [2.05, 4.69) is 42.0 Å². The molecule has 1 unspecified atom stereocenters. The van der Waals surface area contributed by atoms with Gasteiger partial charge in [0.1, 0.15) is 0 Å². The van der Waals surface area contributed by atoms with E-state index in [9.17, 15) is 0 Å². The first-order valence-corrected chi connectivity index (χ1v) is 6.76. The molecule has 1 aromatic rings. The highest BCUT2D eigenvalue weighted by atomic mass is 15.3. The van der Waals surface area contributed by atoms with Crippen LogP contribution in [0.15, 0.2) is 12.4 Å². The summed E-state index contributed by atoms with van der Waals surface area (Å²) in [7, 11) is 2.16. The fourth-order valence-electron chi connectivity index (χ4n) is 2.46. The quantitative estimate of drug-likeness (QED) is 0.848. The van der Waals surface area contributed by atoms with Gasteiger partial charge in [-0.1, -0.05) is 0 Å². The Hall–Kier alpha value is -0.910. The molecule has 5 heteroatoms. The lowest BCUT2D eigenvalue weighted by molar-refractivity contribution is 0.0880. The van der Waals surface area contributed by atoms with Crippen LogP contribution < -0.4 is 5.73 Å². The Morgan fingerprint density at radius 2 is 2.22 bits per heavy atom. The van der Waals surface area contributed by atoms with Crippen molar-refractivity contribution in [2.75, 3.05) is 33.2 Å². The van der Waals surface area contributed by atoms with Gasteiger partial charge in [0.25, 0.3) is 0 Å². The Morgan fingerprint density at radius 1 is 1.44 bits per heavy atom. The molecule has 0 spiro atoms. The van der Waals surface area contributed by atoms with E-state index in [1.165, 1.54) is 5.56 Å². The van der Waals surface area contributed by atoms with Gasteiger partial charge in [0.2, 0.25) is 0 Å². The number of nitrogens with two attached hydrogens (primary N) is 1. The lowest BCUT2D eigenvalue weighted by Crippen LogP contribution is -2.54. The molecule has 2 rings (SSSR count). The smallest absolute Gasteiger partial charge is 0.0534 e. The molecule has 0 bridgehead atoms. The summed E-state index contributed by atoms with van der Waals surface area (Å²) < 4.78 is 2.02. The molecular weight excluding hydrogens is 226 g/mol. The molecular formula is C13H25N5. The fourth-order valence-corrected chi connectivity index (χ4v) is 2.46. The fraction of sp³-hybridized carbons (Fsp3) is 0.769. The van der Waals surface area contributed by atoms with E-state index in [1.807, 2.05) is 10.9 Å². The van der Waals surface area contributed by atoms with Crippen LogP contribution in [0.5, 0.6) is 0 Å². The third-order valence-electron chi connectivity index (χ3n) is 3.65. The summed E-state index contributed by atoms with van der Waals surface area (Å²) in [5.41, 5.74) is 7.16. The lowest BCUT2D eigenvalue weighted by atomic mass is 10.1. The van der Waals surface area contributed by atoms with Crippen LogP contribution in [-0.4, -0.2) is 58.8 Å². The molecule has 0 radical (unpaired) electrons. The molecule has 1 saturated heterocycles. The molecule has 2 N–H and O–H groups in total. The van der Waals surface area contributed by atoms with Crippen molar-refractivity contribution < 1.29 is 0 Å². The second-order valence-corrected chi connectivity index (χ2v) is 5.54. The lowest BCUT2D eigenvalue weighted by Gasteiger charge is -2.39. The molecule has 0 amide bonds. The van der Waals surface area contributed by atoms with Crippen molar-refractivity contribution in [2.45, 2.75) is 32.5 Å². The summed E-state index contributed by atoms with van der Waals surface area (Å²) in [6.07, 6.45) is 4.13. The van der Waals surface area contributed by atoms with Gasteiger partial charge in [-0.3, -0.25) is 9.58 Å². The monoisotopic (exact) mass is 251 g/mol. The van der Waals surface area contributed by atoms with Crippen molar-refractivity contribution in [1.82, 2.24) is 19.6 Å². The third-order valence-corrected chi connectivity index (χ3v) is 3.65. The number of likely N-dealkylation sites (N-methyl/N-ethyl adjacent to an activating group) is 1. The molecule has 0 saturated carbocycles. The van der Waals surface area contributed by atoms with Crippen LogP contribution >= 0.6 is 0 Å². The summed E-state index contributed by atoms with van der Waals surface area (Å²) in [5, 5.41) is 4.40. The van der Waals surface area contributed by atoms with Gasteiger partial charge >= 0.3 is 0 Å². The highest BCUT2D eigenvalue weighted by Gasteiger charge is 2.24. The minimum atomic E-state index is 0.427.